The highest BCUT2D eigenvalue weighted by Gasteiger charge is 2.45. The number of amides is 1. The second kappa shape index (κ2) is 10.4. The lowest BCUT2D eigenvalue weighted by molar-refractivity contribution is -0.142. The number of carbonyl (C=O) groups is 2. The van der Waals surface area contributed by atoms with Crippen LogP contribution in [0.5, 0.6) is 0 Å². The minimum absolute atomic E-state index is 0.132. The lowest BCUT2D eigenvalue weighted by atomic mass is 9.68. The van der Waals surface area contributed by atoms with Gasteiger partial charge in [0.05, 0.1) is 0 Å². The number of rotatable bonds is 8. The Morgan fingerprint density at radius 3 is 1.50 bits per heavy atom. The zero-order valence-electron chi connectivity index (χ0n) is 18.4. The monoisotopic (exact) mass is 469 g/mol. The van der Waals surface area contributed by atoms with Crippen LogP contribution in [0.15, 0.2) is 115 Å². The summed E-state index contributed by atoms with van der Waals surface area (Å²) in [5.74, 6) is -1.51. The van der Waals surface area contributed by atoms with Crippen LogP contribution in [0.1, 0.15) is 22.3 Å². The molecule has 170 valence electrons. The third-order valence-corrected chi connectivity index (χ3v) is 6.17. The Balaban J connectivity index is 1.83. The van der Waals surface area contributed by atoms with E-state index in [-0.39, 0.29) is 6.42 Å². The van der Waals surface area contributed by atoms with Crippen LogP contribution in [-0.2, 0) is 21.4 Å². The van der Waals surface area contributed by atoms with E-state index in [0.717, 1.165) is 22.3 Å². The molecule has 0 saturated carbocycles. The molecule has 0 saturated heterocycles. The summed E-state index contributed by atoms with van der Waals surface area (Å²) in [6.07, 6.45) is 0.132. The highest BCUT2D eigenvalue weighted by molar-refractivity contribution is 6.30. The van der Waals surface area contributed by atoms with E-state index in [1.165, 1.54) is 0 Å². The first-order valence-corrected chi connectivity index (χ1v) is 11.3. The maximum atomic E-state index is 14.2. The number of hydrogen-bond acceptors (Lipinski definition) is 2. The third-order valence-electron chi connectivity index (χ3n) is 5.92. The largest absolute Gasteiger partial charge is 0.480 e. The van der Waals surface area contributed by atoms with E-state index in [0.29, 0.717) is 5.02 Å². The van der Waals surface area contributed by atoms with E-state index >= 15 is 0 Å². The molecule has 0 aliphatic carbocycles. The molecule has 1 amide bonds. The van der Waals surface area contributed by atoms with E-state index in [1.54, 1.807) is 24.3 Å². The third kappa shape index (κ3) is 4.73. The molecule has 0 heterocycles. The molecule has 0 spiro atoms. The topological polar surface area (TPSA) is 66.4 Å². The smallest absolute Gasteiger partial charge is 0.326 e. The van der Waals surface area contributed by atoms with Crippen molar-refractivity contribution in [2.75, 3.05) is 0 Å². The van der Waals surface area contributed by atoms with Crippen molar-refractivity contribution in [1.29, 1.82) is 0 Å². The first-order valence-electron chi connectivity index (χ1n) is 11.0. The van der Waals surface area contributed by atoms with Crippen LogP contribution in [-0.4, -0.2) is 23.0 Å². The van der Waals surface area contributed by atoms with Crippen molar-refractivity contribution in [3.05, 3.63) is 143 Å². The van der Waals surface area contributed by atoms with Crippen LogP contribution in [0.2, 0.25) is 5.02 Å². The van der Waals surface area contributed by atoms with Crippen LogP contribution in [0.3, 0.4) is 0 Å². The molecule has 4 nitrogen and oxygen atoms in total. The van der Waals surface area contributed by atoms with Crippen molar-refractivity contribution < 1.29 is 14.7 Å². The summed E-state index contributed by atoms with van der Waals surface area (Å²) < 4.78 is 0. The van der Waals surface area contributed by atoms with E-state index in [1.807, 2.05) is 91.0 Å². The number of hydrogen-bond donors (Lipinski definition) is 2. The first-order chi connectivity index (χ1) is 16.5. The molecule has 2 N–H and O–H groups in total. The normalized spacial score (nSPS) is 12.0. The van der Waals surface area contributed by atoms with Gasteiger partial charge in [0.25, 0.3) is 0 Å². The number of carbonyl (C=O) groups excluding carboxylic acids is 1. The van der Waals surface area contributed by atoms with Gasteiger partial charge in [0.1, 0.15) is 11.5 Å². The molecule has 0 fully saturated rings. The van der Waals surface area contributed by atoms with Crippen molar-refractivity contribution in [3.8, 4) is 0 Å². The molecule has 1 atom stereocenters. The predicted molar refractivity (Wildman–Crippen MR) is 134 cm³/mol. The number of aliphatic carboxylic acids is 1. The number of halogens is 1. The molecule has 5 heteroatoms. The highest BCUT2D eigenvalue weighted by atomic mass is 35.5. The molecule has 34 heavy (non-hydrogen) atoms. The molecule has 4 rings (SSSR count). The molecule has 4 aromatic rings. The molecular weight excluding hydrogens is 446 g/mol. The van der Waals surface area contributed by atoms with E-state index in [9.17, 15) is 14.7 Å². The second-order valence-corrected chi connectivity index (χ2v) is 8.48. The van der Waals surface area contributed by atoms with Gasteiger partial charge >= 0.3 is 5.97 Å². The Morgan fingerprint density at radius 1 is 0.706 bits per heavy atom. The first kappa shape index (κ1) is 23.3. The minimum atomic E-state index is -1.24. The molecule has 0 bridgehead atoms. The van der Waals surface area contributed by atoms with Crippen molar-refractivity contribution >= 4 is 23.5 Å². The average molecular weight is 470 g/mol. The van der Waals surface area contributed by atoms with E-state index < -0.39 is 23.3 Å². The van der Waals surface area contributed by atoms with Gasteiger partial charge < -0.3 is 10.4 Å². The van der Waals surface area contributed by atoms with Crippen molar-refractivity contribution in [2.24, 2.45) is 0 Å². The standard InChI is InChI=1S/C29H24ClNO3/c30-25-18-16-21(17-19-25)20-26(27(32)33)31-28(34)29(22-10-4-1-5-11-22,23-12-6-2-7-13-23)24-14-8-3-9-15-24/h1-19,26H,20H2,(H,31,34)(H,32,33)/t26-/m1/s1. The number of carboxylic acid groups (broad SMARTS) is 1. The molecule has 0 radical (unpaired) electrons. The van der Waals surface area contributed by atoms with Gasteiger partial charge in [-0.05, 0) is 34.4 Å². The van der Waals surface area contributed by atoms with Gasteiger partial charge in [-0.3, -0.25) is 4.79 Å². The minimum Gasteiger partial charge on any atom is -0.480 e. The molecule has 0 aliphatic rings. The lowest BCUT2D eigenvalue weighted by Crippen LogP contribution is -2.52. The van der Waals surface area contributed by atoms with Crippen molar-refractivity contribution in [1.82, 2.24) is 5.32 Å². The Kier molecular flexibility index (Phi) is 7.09. The Hall–Kier alpha value is -3.89. The quantitative estimate of drug-likeness (QED) is 0.335. The maximum absolute atomic E-state index is 14.2. The predicted octanol–water partition coefficient (Wildman–Crippen LogP) is 5.49. The van der Waals surface area contributed by atoms with Gasteiger partial charge in [-0.2, -0.15) is 0 Å². The fraction of sp³-hybridized carbons (Fsp3) is 0.103. The Bertz CT molecular complexity index is 1150. The van der Waals surface area contributed by atoms with Gasteiger partial charge in [-0.25, -0.2) is 4.79 Å². The molecule has 0 aromatic heterocycles. The summed E-state index contributed by atoms with van der Waals surface area (Å²) in [5, 5.41) is 13.4. The van der Waals surface area contributed by atoms with Crippen LogP contribution < -0.4 is 5.32 Å². The Morgan fingerprint density at radius 2 is 1.12 bits per heavy atom. The van der Waals surface area contributed by atoms with Crippen molar-refractivity contribution in [2.45, 2.75) is 17.9 Å². The van der Waals surface area contributed by atoms with Crippen LogP contribution >= 0.6 is 11.6 Å². The summed E-state index contributed by atoms with van der Waals surface area (Å²) in [6.45, 7) is 0. The van der Waals surface area contributed by atoms with Crippen LogP contribution in [0.4, 0.5) is 0 Å². The fourth-order valence-corrected chi connectivity index (χ4v) is 4.41. The van der Waals surface area contributed by atoms with E-state index in [2.05, 4.69) is 5.32 Å². The average Bonchev–Trinajstić information content (AvgIpc) is 2.87. The van der Waals surface area contributed by atoms with Gasteiger partial charge in [0, 0.05) is 11.4 Å². The van der Waals surface area contributed by atoms with Crippen molar-refractivity contribution in [3.63, 3.8) is 0 Å². The van der Waals surface area contributed by atoms with Crippen LogP contribution in [0, 0.1) is 0 Å². The maximum Gasteiger partial charge on any atom is 0.326 e. The Labute approximate surface area is 203 Å². The number of benzene rings is 4. The zero-order chi connectivity index (χ0) is 24.0. The zero-order valence-corrected chi connectivity index (χ0v) is 19.2. The highest BCUT2D eigenvalue weighted by Crippen LogP contribution is 2.39. The van der Waals surface area contributed by atoms with Gasteiger partial charge in [-0.1, -0.05) is 115 Å². The number of carboxylic acids is 1. The van der Waals surface area contributed by atoms with Crippen LogP contribution in [0.25, 0.3) is 0 Å². The summed E-state index contributed by atoms with van der Waals surface area (Å²) >= 11 is 5.97. The fourth-order valence-electron chi connectivity index (χ4n) is 4.28. The summed E-state index contributed by atoms with van der Waals surface area (Å²) in [6, 6.07) is 34.2. The summed E-state index contributed by atoms with van der Waals surface area (Å²) in [5.41, 5.74) is 1.78. The SMILES string of the molecule is O=C(O)[C@@H](Cc1ccc(Cl)cc1)NC(=O)C(c1ccccc1)(c1ccccc1)c1ccccc1. The number of nitrogens with one attached hydrogen (secondary N) is 1. The molecule has 0 aliphatic heterocycles. The van der Waals surface area contributed by atoms with Gasteiger partial charge in [0.2, 0.25) is 5.91 Å². The van der Waals surface area contributed by atoms with Gasteiger partial charge in [0.15, 0.2) is 0 Å². The summed E-state index contributed by atoms with van der Waals surface area (Å²) in [4.78, 5) is 26.4. The molecule has 4 aromatic carbocycles. The molecular formula is C29H24ClNO3. The lowest BCUT2D eigenvalue weighted by Gasteiger charge is -2.35. The van der Waals surface area contributed by atoms with Gasteiger partial charge in [-0.15, -0.1) is 0 Å². The van der Waals surface area contributed by atoms with E-state index in [4.69, 9.17) is 11.6 Å². The summed E-state index contributed by atoms with van der Waals surface area (Å²) in [7, 11) is 0. The second-order valence-electron chi connectivity index (χ2n) is 8.04. The molecule has 0 unspecified atom stereocenters.